The first-order valence-corrected chi connectivity index (χ1v) is 11.6. The van der Waals surface area contributed by atoms with Gasteiger partial charge in [0.2, 0.25) is 5.91 Å². The normalized spacial score (nSPS) is 22.2. The third-order valence-corrected chi connectivity index (χ3v) is 7.88. The second kappa shape index (κ2) is 8.87. The highest BCUT2D eigenvalue weighted by atomic mass is 32.2. The van der Waals surface area contributed by atoms with E-state index in [2.05, 4.69) is 13.8 Å². The lowest BCUT2D eigenvalue weighted by molar-refractivity contribution is -0.133. The largest absolute Gasteiger partial charge is 0.341 e. The van der Waals surface area contributed by atoms with Crippen LogP contribution in [0.25, 0.3) is 0 Å². The Labute approximate surface area is 151 Å². The van der Waals surface area contributed by atoms with E-state index in [1.54, 1.807) is 16.3 Å². The molecule has 0 bridgehead atoms. The molecule has 0 aromatic heterocycles. The van der Waals surface area contributed by atoms with Gasteiger partial charge in [0.25, 0.3) is 10.2 Å². The minimum atomic E-state index is -3.58. The zero-order valence-corrected chi connectivity index (χ0v) is 16.7. The van der Waals surface area contributed by atoms with Gasteiger partial charge in [0.1, 0.15) is 6.04 Å². The summed E-state index contributed by atoms with van der Waals surface area (Å²) >= 11 is 1.53. The monoisotopic (exact) mass is 377 g/mol. The fourth-order valence-electron chi connectivity index (χ4n) is 2.89. The van der Waals surface area contributed by atoms with E-state index < -0.39 is 16.3 Å². The topological polar surface area (TPSA) is 60.9 Å². The lowest BCUT2D eigenvalue weighted by Crippen LogP contribution is -2.52. The number of hydrogen-bond acceptors (Lipinski definition) is 4. The van der Waals surface area contributed by atoms with Crippen LogP contribution in [-0.2, 0) is 15.0 Å². The molecule has 1 unspecified atom stereocenters. The summed E-state index contributed by atoms with van der Waals surface area (Å²) < 4.78 is 29.3. The minimum Gasteiger partial charge on any atom is -0.341 e. The maximum atomic E-state index is 13.1. The van der Waals surface area contributed by atoms with Crippen molar-refractivity contribution in [3.8, 4) is 0 Å². The molecule has 6 nitrogen and oxygen atoms in total. The molecule has 0 aromatic carbocycles. The first-order chi connectivity index (χ1) is 11.4. The molecule has 140 valence electrons. The molecule has 1 aliphatic carbocycles. The van der Waals surface area contributed by atoms with Crippen molar-refractivity contribution in [2.45, 2.75) is 64.5 Å². The van der Waals surface area contributed by atoms with Gasteiger partial charge < -0.3 is 4.90 Å². The van der Waals surface area contributed by atoms with Crippen LogP contribution in [0.4, 0.5) is 0 Å². The molecule has 2 aliphatic rings. The van der Waals surface area contributed by atoms with Crippen LogP contribution in [-0.4, -0.2) is 71.7 Å². The standard InChI is InChI=1S/C16H31N3O3S2/c1-4-6-10-18(11-7-5-2)24(21,22)19-13-23-12-15(19)16(20)17(3)14-8-9-14/h14-15H,4-13H2,1-3H3. The van der Waals surface area contributed by atoms with E-state index in [0.29, 0.717) is 30.8 Å². The molecule has 0 N–H and O–H groups in total. The van der Waals surface area contributed by atoms with Crippen molar-refractivity contribution in [3.05, 3.63) is 0 Å². The predicted octanol–water partition coefficient (Wildman–Crippen LogP) is 2.13. The van der Waals surface area contributed by atoms with Crippen LogP contribution in [0.5, 0.6) is 0 Å². The molecule has 1 aliphatic heterocycles. The van der Waals surface area contributed by atoms with Crippen molar-refractivity contribution in [1.29, 1.82) is 0 Å². The first kappa shape index (κ1) is 20.0. The fraction of sp³-hybridized carbons (Fsp3) is 0.938. The quantitative estimate of drug-likeness (QED) is 0.585. The molecule has 0 spiro atoms. The number of hydrogen-bond donors (Lipinski definition) is 0. The number of rotatable bonds is 10. The molecule has 1 atom stereocenters. The summed E-state index contributed by atoms with van der Waals surface area (Å²) in [6.45, 7) is 5.21. The summed E-state index contributed by atoms with van der Waals surface area (Å²) in [4.78, 5) is 14.5. The fourth-order valence-corrected chi connectivity index (χ4v) is 6.25. The van der Waals surface area contributed by atoms with E-state index in [9.17, 15) is 13.2 Å². The average Bonchev–Trinajstić information content (AvgIpc) is 3.29. The summed E-state index contributed by atoms with van der Waals surface area (Å²) in [7, 11) is -1.77. The number of carbonyl (C=O) groups is 1. The molecule has 0 radical (unpaired) electrons. The number of nitrogens with zero attached hydrogens (tertiary/aromatic N) is 3. The Morgan fingerprint density at radius 1 is 1.17 bits per heavy atom. The molecular formula is C16H31N3O3S2. The van der Waals surface area contributed by atoms with E-state index in [-0.39, 0.29) is 5.91 Å². The molecule has 2 fully saturated rings. The van der Waals surface area contributed by atoms with Crippen LogP contribution in [0.1, 0.15) is 52.4 Å². The number of carbonyl (C=O) groups excluding carboxylic acids is 1. The van der Waals surface area contributed by atoms with Gasteiger partial charge >= 0.3 is 0 Å². The van der Waals surface area contributed by atoms with Crippen molar-refractivity contribution in [2.75, 3.05) is 31.8 Å². The van der Waals surface area contributed by atoms with Crippen LogP contribution in [0.3, 0.4) is 0 Å². The molecule has 0 aromatic rings. The highest BCUT2D eigenvalue weighted by Gasteiger charge is 2.44. The van der Waals surface area contributed by atoms with Gasteiger partial charge in [-0.05, 0) is 25.7 Å². The Morgan fingerprint density at radius 2 is 1.75 bits per heavy atom. The molecule has 24 heavy (non-hydrogen) atoms. The summed E-state index contributed by atoms with van der Waals surface area (Å²) in [5, 5.41) is 0. The van der Waals surface area contributed by atoms with Gasteiger partial charge in [-0.1, -0.05) is 26.7 Å². The third kappa shape index (κ3) is 4.65. The van der Waals surface area contributed by atoms with Gasteiger partial charge in [0, 0.05) is 31.9 Å². The van der Waals surface area contributed by atoms with Crippen LogP contribution >= 0.6 is 11.8 Å². The Hall–Kier alpha value is -0.310. The average molecular weight is 378 g/mol. The maximum absolute atomic E-state index is 13.1. The lowest BCUT2D eigenvalue weighted by atomic mass is 10.3. The SMILES string of the molecule is CCCCN(CCCC)S(=O)(=O)N1CSCC1C(=O)N(C)C1CC1. The van der Waals surface area contributed by atoms with Crippen LogP contribution in [0.2, 0.25) is 0 Å². The second-order valence-corrected chi connectivity index (χ2v) is 9.58. The molecule has 2 rings (SSSR count). The van der Waals surface area contributed by atoms with E-state index in [0.717, 1.165) is 38.5 Å². The van der Waals surface area contributed by atoms with E-state index in [1.165, 1.54) is 16.1 Å². The van der Waals surface area contributed by atoms with Crippen LogP contribution < -0.4 is 0 Å². The Morgan fingerprint density at radius 3 is 2.25 bits per heavy atom. The van der Waals surface area contributed by atoms with Crippen molar-refractivity contribution >= 4 is 27.9 Å². The number of amides is 1. The highest BCUT2D eigenvalue weighted by Crippen LogP contribution is 2.31. The van der Waals surface area contributed by atoms with Crippen molar-refractivity contribution in [3.63, 3.8) is 0 Å². The Bertz CT molecular complexity index is 515. The van der Waals surface area contributed by atoms with Crippen molar-refractivity contribution in [1.82, 2.24) is 13.5 Å². The van der Waals surface area contributed by atoms with Crippen LogP contribution in [0.15, 0.2) is 0 Å². The number of thioether (sulfide) groups is 1. The molecule has 1 saturated heterocycles. The minimum absolute atomic E-state index is 0.0444. The molecule has 1 heterocycles. The molecule has 8 heteroatoms. The lowest BCUT2D eigenvalue weighted by Gasteiger charge is -2.31. The van der Waals surface area contributed by atoms with Crippen LogP contribution in [0, 0.1) is 0 Å². The number of likely N-dealkylation sites (N-methyl/N-ethyl adjacent to an activating group) is 1. The highest BCUT2D eigenvalue weighted by molar-refractivity contribution is 8.00. The third-order valence-electron chi connectivity index (χ3n) is 4.71. The first-order valence-electron chi connectivity index (χ1n) is 9.04. The molecule has 1 amide bonds. The Balaban J connectivity index is 2.12. The summed E-state index contributed by atoms with van der Waals surface area (Å²) in [6.07, 6.45) is 5.69. The van der Waals surface area contributed by atoms with Gasteiger partial charge in [-0.25, -0.2) is 0 Å². The zero-order chi connectivity index (χ0) is 17.7. The van der Waals surface area contributed by atoms with Gasteiger partial charge in [-0.2, -0.15) is 17.0 Å². The molecule has 1 saturated carbocycles. The van der Waals surface area contributed by atoms with E-state index in [4.69, 9.17) is 0 Å². The summed E-state index contributed by atoms with van der Waals surface area (Å²) in [5.74, 6) is 0.897. The van der Waals surface area contributed by atoms with E-state index in [1.807, 2.05) is 0 Å². The predicted molar refractivity (Wildman–Crippen MR) is 99.1 cm³/mol. The van der Waals surface area contributed by atoms with Gasteiger partial charge in [-0.3, -0.25) is 4.79 Å². The van der Waals surface area contributed by atoms with Gasteiger partial charge in [0.05, 0.1) is 5.88 Å². The summed E-state index contributed by atoms with van der Waals surface area (Å²) in [5.41, 5.74) is 0. The number of unbranched alkanes of at least 4 members (excludes halogenated alkanes) is 2. The van der Waals surface area contributed by atoms with Crippen molar-refractivity contribution < 1.29 is 13.2 Å². The van der Waals surface area contributed by atoms with Crippen molar-refractivity contribution in [2.24, 2.45) is 0 Å². The smallest absolute Gasteiger partial charge is 0.283 e. The van der Waals surface area contributed by atoms with E-state index >= 15 is 0 Å². The molecular weight excluding hydrogens is 346 g/mol. The van der Waals surface area contributed by atoms with Gasteiger partial charge in [-0.15, -0.1) is 11.8 Å². The Kier molecular flexibility index (Phi) is 7.39. The maximum Gasteiger partial charge on any atom is 0.283 e. The van der Waals surface area contributed by atoms with Gasteiger partial charge in [0.15, 0.2) is 0 Å². The second-order valence-electron chi connectivity index (χ2n) is 6.70. The summed E-state index contributed by atoms with van der Waals surface area (Å²) in [6, 6.07) is -0.236. The zero-order valence-electron chi connectivity index (χ0n) is 15.1.